The van der Waals surface area contributed by atoms with E-state index in [0.717, 1.165) is 21.9 Å². The van der Waals surface area contributed by atoms with Crippen molar-refractivity contribution in [3.8, 4) is 27.1 Å². The quantitative estimate of drug-likeness (QED) is 0.773. The SMILES string of the molecule is N#Cc1n[nH]nc1-c1ccc(-c2ccc(C(F)(F)F)cc2)s1. The molecule has 1 N–H and O–H groups in total. The van der Waals surface area contributed by atoms with E-state index in [9.17, 15) is 13.2 Å². The molecule has 0 fully saturated rings. The fraction of sp³-hybridized carbons (Fsp3) is 0.0714. The highest BCUT2D eigenvalue weighted by atomic mass is 32.1. The Morgan fingerprint density at radius 2 is 1.68 bits per heavy atom. The smallest absolute Gasteiger partial charge is 0.196 e. The summed E-state index contributed by atoms with van der Waals surface area (Å²) in [6.07, 6.45) is -4.35. The molecular weight excluding hydrogens is 313 g/mol. The van der Waals surface area contributed by atoms with Crippen LogP contribution < -0.4 is 0 Å². The molecule has 2 heterocycles. The van der Waals surface area contributed by atoms with Crippen molar-refractivity contribution >= 4 is 11.3 Å². The normalized spacial score (nSPS) is 11.4. The number of nitrogens with zero attached hydrogens (tertiary/aromatic N) is 3. The van der Waals surface area contributed by atoms with Gasteiger partial charge >= 0.3 is 6.18 Å². The van der Waals surface area contributed by atoms with E-state index in [4.69, 9.17) is 5.26 Å². The number of benzene rings is 1. The summed E-state index contributed by atoms with van der Waals surface area (Å²) in [6, 6.07) is 10.4. The van der Waals surface area contributed by atoms with Crippen molar-refractivity contribution in [3.63, 3.8) is 0 Å². The second-order valence-corrected chi connectivity index (χ2v) is 5.46. The molecule has 3 rings (SSSR count). The molecule has 0 bridgehead atoms. The van der Waals surface area contributed by atoms with Crippen LogP contribution in [0.1, 0.15) is 11.3 Å². The second-order valence-electron chi connectivity index (χ2n) is 4.37. The van der Waals surface area contributed by atoms with Gasteiger partial charge in [0.05, 0.1) is 10.4 Å². The molecule has 0 unspecified atom stereocenters. The summed E-state index contributed by atoms with van der Waals surface area (Å²) in [6.45, 7) is 0. The van der Waals surface area contributed by atoms with Crippen LogP contribution in [0.15, 0.2) is 36.4 Å². The minimum atomic E-state index is -4.35. The lowest BCUT2D eigenvalue weighted by Crippen LogP contribution is -2.03. The Kier molecular flexibility index (Phi) is 3.42. The van der Waals surface area contributed by atoms with Crippen LogP contribution in [0.5, 0.6) is 0 Å². The number of rotatable bonds is 2. The van der Waals surface area contributed by atoms with Crippen LogP contribution >= 0.6 is 11.3 Å². The molecule has 0 spiro atoms. The molecule has 22 heavy (non-hydrogen) atoms. The molecule has 0 aliphatic rings. The van der Waals surface area contributed by atoms with Gasteiger partial charge in [-0.1, -0.05) is 12.1 Å². The summed E-state index contributed by atoms with van der Waals surface area (Å²) in [7, 11) is 0. The van der Waals surface area contributed by atoms with E-state index in [1.807, 2.05) is 6.07 Å². The van der Waals surface area contributed by atoms with Crippen molar-refractivity contribution in [2.75, 3.05) is 0 Å². The predicted octanol–water partition coefficient (Wildman–Crippen LogP) is 4.09. The van der Waals surface area contributed by atoms with E-state index in [1.165, 1.54) is 23.5 Å². The zero-order valence-corrected chi connectivity index (χ0v) is 11.7. The zero-order valence-electron chi connectivity index (χ0n) is 10.8. The van der Waals surface area contributed by atoms with Gasteiger partial charge in [0, 0.05) is 4.88 Å². The van der Waals surface area contributed by atoms with E-state index in [0.29, 0.717) is 11.3 Å². The van der Waals surface area contributed by atoms with Gasteiger partial charge in [-0.3, -0.25) is 0 Å². The zero-order chi connectivity index (χ0) is 15.7. The first kappa shape index (κ1) is 14.3. The molecule has 0 atom stereocenters. The lowest BCUT2D eigenvalue weighted by Gasteiger charge is -2.06. The molecule has 8 heteroatoms. The van der Waals surface area contributed by atoms with Gasteiger partial charge in [0.15, 0.2) is 5.69 Å². The minimum Gasteiger partial charge on any atom is -0.196 e. The number of nitriles is 1. The van der Waals surface area contributed by atoms with Crippen LogP contribution in [-0.4, -0.2) is 15.4 Å². The maximum absolute atomic E-state index is 12.5. The van der Waals surface area contributed by atoms with Crippen molar-refractivity contribution in [1.29, 1.82) is 5.26 Å². The van der Waals surface area contributed by atoms with Crippen molar-refractivity contribution in [3.05, 3.63) is 47.7 Å². The number of aromatic nitrogens is 3. The lowest BCUT2D eigenvalue weighted by atomic mass is 10.1. The van der Waals surface area contributed by atoms with Crippen molar-refractivity contribution in [1.82, 2.24) is 15.4 Å². The monoisotopic (exact) mass is 320 g/mol. The summed E-state index contributed by atoms with van der Waals surface area (Å²) in [5.41, 5.74) is 0.606. The van der Waals surface area contributed by atoms with Crippen LogP contribution in [0.3, 0.4) is 0 Å². The Labute approximate surface area is 126 Å². The van der Waals surface area contributed by atoms with E-state index in [1.54, 1.807) is 12.1 Å². The number of hydrogen-bond acceptors (Lipinski definition) is 4. The molecule has 110 valence electrons. The highest BCUT2D eigenvalue weighted by Crippen LogP contribution is 2.36. The molecule has 4 nitrogen and oxygen atoms in total. The largest absolute Gasteiger partial charge is 0.416 e. The van der Waals surface area contributed by atoms with Gasteiger partial charge in [-0.2, -0.15) is 28.7 Å². The fourth-order valence-electron chi connectivity index (χ4n) is 1.92. The Morgan fingerprint density at radius 3 is 2.32 bits per heavy atom. The minimum absolute atomic E-state index is 0.181. The van der Waals surface area contributed by atoms with Gasteiger partial charge in [0.1, 0.15) is 11.8 Å². The molecule has 0 aliphatic heterocycles. The number of H-pyrrole nitrogens is 1. The summed E-state index contributed by atoms with van der Waals surface area (Å²) in [4.78, 5) is 1.51. The second kappa shape index (κ2) is 5.27. The van der Waals surface area contributed by atoms with Crippen LogP contribution in [0.2, 0.25) is 0 Å². The number of halogens is 3. The fourth-order valence-corrected chi connectivity index (χ4v) is 2.93. The Balaban J connectivity index is 1.93. The number of hydrogen-bond donors (Lipinski definition) is 1. The molecular formula is C14H7F3N4S. The van der Waals surface area contributed by atoms with Crippen molar-refractivity contribution in [2.24, 2.45) is 0 Å². The van der Waals surface area contributed by atoms with Crippen molar-refractivity contribution < 1.29 is 13.2 Å². The topological polar surface area (TPSA) is 65.4 Å². The first-order valence-corrected chi connectivity index (χ1v) is 6.89. The van der Waals surface area contributed by atoms with E-state index in [-0.39, 0.29) is 5.69 Å². The third-order valence-electron chi connectivity index (χ3n) is 2.99. The molecule has 0 radical (unpaired) electrons. The molecule has 0 saturated carbocycles. The maximum atomic E-state index is 12.5. The van der Waals surface area contributed by atoms with Crippen LogP contribution in [-0.2, 0) is 6.18 Å². The summed E-state index contributed by atoms with van der Waals surface area (Å²) < 4.78 is 37.6. The lowest BCUT2D eigenvalue weighted by molar-refractivity contribution is -0.137. The van der Waals surface area contributed by atoms with Gasteiger partial charge in [0.2, 0.25) is 0 Å². The van der Waals surface area contributed by atoms with Crippen LogP contribution in [0.25, 0.3) is 21.0 Å². The maximum Gasteiger partial charge on any atom is 0.416 e. The van der Waals surface area contributed by atoms with E-state index >= 15 is 0 Å². The van der Waals surface area contributed by atoms with E-state index < -0.39 is 11.7 Å². The van der Waals surface area contributed by atoms with Gasteiger partial charge < -0.3 is 0 Å². The summed E-state index contributed by atoms with van der Waals surface area (Å²) in [5.74, 6) is 0. The Hall–Kier alpha value is -2.66. The number of aromatic amines is 1. The molecule has 0 saturated heterocycles. The average Bonchev–Trinajstić information content (AvgIpc) is 3.15. The molecule has 0 amide bonds. The first-order valence-electron chi connectivity index (χ1n) is 6.08. The van der Waals surface area contributed by atoms with E-state index in [2.05, 4.69) is 15.4 Å². The van der Waals surface area contributed by atoms with Crippen LogP contribution in [0.4, 0.5) is 13.2 Å². The third kappa shape index (κ3) is 2.58. The van der Waals surface area contributed by atoms with Gasteiger partial charge in [-0.25, -0.2) is 0 Å². The van der Waals surface area contributed by atoms with Gasteiger partial charge in [-0.15, -0.1) is 16.4 Å². The number of alkyl halides is 3. The number of nitrogens with one attached hydrogen (secondary N) is 1. The van der Waals surface area contributed by atoms with Crippen LogP contribution in [0, 0.1) is 11.3 Å². The highest BCUT2D eigenvalue weighted by molar-refractivity contribution is 7.18. The molecule has 3 aromatic rings. The Bertz CT molecular complexity index is 840. The van der Waals surface area contributed by atoms with Crippen molar-refractivity contribution in [2.45, 2.75) is 6.18 Å². The van der Waals surface area contributed by atoms with Gasteiger partial charge in [-0.05, 0) is 29.8 Å². The molecule has 1 aromatic carbocycles. The predicted molar refractivity (Wildman–Crippen MR) is 74.8 cm³/mol. The first-order chi connectivity index (χ1) is 10.5. The Morgan fingerprint density at radius 1 is 1.00 bits per heavy atom. The standard InChI is InChI=1S/C14H7F3N4S/c15-14(16,17)9-3-1-8(2-4-9)11-5-6-12(22-11)13-10(7-18)19-21-20-13/h1-6H,(H,19,20,21). The molecule has 0 aliphatic carbocycles. The highest BCUT2D eigenvalue weighted by Gasteiger charge is 2.30. The summed E-state index contributed by atoms with van der Waals surface area (Å²) in [5, 5.41) is 18.9. The summed E-state index contributed by atoms with van der Waals surface area (Å²) >= 11 is 1.33. The molecule has 2 aromatic heterocycles. The number of thiophene rings is 1. The van der Waals surface area contributed by atoms with Gasteiger partial charge in [0.25, 0.3) is 0 Å². The third-order valence-corrected chi connectivity index (χ3v) is 4.13. The average molecular weight is 320 g/mol.